The van der Waals surface area contributed by atoms with E-state index in [0.717, 1.165) is 0 Å². The van der Waals surface area contributed by atoms with E-state index in [1.807, 2.05) is 0 Å². The predicted molar refractivity (Wildman–Crippen MR) is 39.6 cm³/mol. The number of aromatic nitrogens is 2. The number of primary amides is 1. The first-order valence-corrected chi connectivity index (χ1v) is 3.18. The first kappa shape index (κ1) is 7.94. The van der Waals surface area contributed by atoms with Crippen LogP contribution in [-0.4, -0.2) is 15.9 Å². The van der Waals surface area contributed by atoms with Gasteiger partial charge in [0.05, 0.1) is 12.1 Å². The van der Waals surface area contributed by atoms with Gasteiger partial charge in [0.2, 0.25) is 5.91 Å². The number of nitrogens with two attached hydrogens (primary N) is 1. The molecule has 1 radical (unpaired) electrons. The van der Waals surface area contributed by atoms with E-state index in [1.54, 1.807) is 0 Å². The van der Waals surface area contributed by atoms with E-state index in [-0.39, 0.29) is 5.15 Å². The Labute approximate surface area is 68.4 Å². The molecule has 0 fully saturated rings. The van der Waals surface area contributed by atoms with E-state index in [1.165, 1.54) is 18.8 Å². The molecule has 1 amide bonds. The Morgan fingerprint density at radius 2 is 2.36 bits per heavy atom. The van der Waals surface area contributed by atoms with Crippen LogP contribution >= 0.6 is 11.6 Å². The zero-order valence-electron chi connectivity index (χ0n) is 5.49. The minimum atomic E-state index is -0.556. The van der Waals surface area contributed by atoms with E-state index < -0.39 is 5.91 Å². The zero-order valence-corrected chi connectivity index (χ0v) is 6.25. The van der Waals surface area contributed by atoms with Crippen molar-refractivity contribution < 1.29 is 4.79 Å². The van der Waals surface area contributed by atoms with Crippen molar-refractivity contribution in [2.45, 2.75) is 0 Å². The van der Waals surface area contributed by atoms with Gasteiger partial charge in [-0.05, 0) is 6.07 Å². The van der Waals surface area contributed by atoms with Crippen molar-refractivity contribution >= 4 is 17.5 Å². The van der Waals surface area contributed by atoms with Gasteiger partial charge in [0, 0.05) is 0 Å². The summed E-state index contributed by atoms with van der Waals surface area (Å²) in [5.74, 6) is -0.556. The number of rotatable bonds is 2. The van der Waals surface area contributed by atoms with Gasteiger partial charge in [0.25, 0.3) is 0 Å². The average molecular weight is 171 g/mol. The Morgan fingerprint density at radius 1 is 1.64 bits per heavy atom. The number of halogens is 1. The SMILES string of the molecule is NC(=O)[CH]c1cc(Cl)ncn1. The molecule has 0 aromatic carbocycles. The summed E-state index contributed by atoms with van der Waals surface area (Å²) in [6.45, 7) is 0. The number of carbonyl (C=O) groups is 1. The second-order valence-corrected chi connectivity index (χ2v) is 2.20. The third-order valence-electron chi connectivity index (χ3n) is 0.945. The van der Waals surface area contributed by atoms with Crippen LogP contribution in [0, 0.1) is 6.42 Å². The molecule has 57 valence electrons. The largest absolute Gasteiger partial charge is 0.369 e. The molecule has 1 aromatic heterocycles. The normalized spacial score (nSPS) is 9.55. The predicted octanol–water partition coefficient (Wildman–Crippen LogP) is 0.168. The quantitative estimate of drug-likeness (QED) is 0.644. The fourth-order valence-electron chi connectivity index (χ4n) is 0.572. The monoisotopic (exact) mass is 170 g/mol. The highest BCUT2D eigenvalue weighted by Crippen LogP contribution is 2.04. The van der Waals surface area contributed by atoms with Crippen LogP contribution in [0.15, 0.2) is 12.4 Å². The topological polar surface area (TPSA) is 68.9 Å². The molecule has 1 heterocycles. The lowest BCUT2D eigenvalue weighted by atomic mass is 10.3. The minimum absolute atomic E-state index is 0.285. The summed E-state index contributed by atoms with van der Waals surface area (Å²) in [4.78, 5) is 17.7. The molecule has 0 saturated carbocycles. The molecule has 0 aliphatic carbocycles. The van der Waals surface area contributed by atoms with E-state index in [2.05, 4.69) is 9.97 Å². The number of carbonyl (C=O) groups excluding carboxylic acids is 1. The average Bonchev–Trinajstić information content (AvgIpc) is 1.85. The molecular formula is C6H5ClN3O. The standard InChI is InChI=1S/C6H5ClN3O/c7-5-1-4(2-6(8)11)9-3-10-5/h1-3H,(H2,8,11). The maximum Gasteiger partial charge on any atom is 0.227 e. The third-order valence-corrected chi connectivity index (χ3v) is 1.15. The van der Waals surface area contributed by atoms with Crippen LogP contribution in [0.5, 0.6) is 0 Å². The van der Waals surface area contributed by atoms with E-state index in [9.17, 15) is 4.79 Å². The van der Waals surface area contributed by atoms with E-state index in [0.29, 0.717) is 5.69 Å². The van der Waals surface area contributed by atoms with E-state index >= 15 is 0 Å². The fraction of sp³-hybridized carbons (Fsp3) is 0. The molecule has 0 aliphatic rings. The van der Waals surface area contributed by atoms with Crippen LogP contribution < -0.4 is 5.73 Å². The highest BCUT2D eigenvalue weighted by molar-refractivity contribution is 6.29. The number of hydrogen-bond donors (Lipinski definition) is 1. The fourth-order valence-corrected chi connectivity index (χ4v) is 0.727. The van der Waals surface area contributed by atoms with Gasteiger partial charge in [-0.3, -0.25) is 4.79 Å². The second kappa shape index (κ2) is 3.30. The third kappa shape index (κ3) is 2.51. The molecule has 0 atom stereocenters. The molecule has 0 aliphatic heterocycles. The van der Waals surface area contributed by atoms with E-state index in [4.69, 9.17) is 17.3 Å². The zero-order chi connectivity index (χ0) is 8.27. The van der Waals surface area contributed by atoms with Gasteiger partial charge in [-0.1, -0.05) is 11.6 Å². The van der Waals surface area contributed by atoms with Crippen molar-refractivity contribution in [3.05, 3.63) is 29.7 Å². The lowest BCUT2D eigenvalue weighted by Gasteiger charge is -1.94. The highest BCUT2D eigenvalue weighted by atomic mass is 35.5. The van der Waals surface area contributed by atoms with Gasteiger partial charge in [-0.15, -0.1) is 0 Å². The van der Waals surface area contributed by atoms with Crippen LogP contribution in [0.1, 0.15) is 5.69 Å². The van der Waals surface area contributed by atoms with Crippen molar-refractivity contribution in [2.75, 3.05) is 0 Å². The Bertz CT molecular complexity index is 276. The number of hydrogen-bond acceptors (Lipinski definition) is 3. The van der Waals surface area contributed by atoms with Gasteiger partial charge >= 0.3 is 0 Å². The first-order chi connectivity index (χ1) is 5.18. The Morgan fingerprint density at radius 3 is 2.91 bits per heavy atom. The molecule has 0 unspecified atom stereocenters. The van der Waals surface area contributed by atoms with Crippen molar-refractivity contribution in [3.63, 3.8) is 0 Å². The molecule has 0 saturated heterocycles. The Hall–Kier alpha value is -1.16. The summed E-state index contributed by atoms with van der Waals surface area (Å²) >= 11 is 5.51. The number of amides is 1. The molecule has 0 spiro atoms. The first-order valence-electron chi connectivity index (χ1n) is 2.80. The summed E-state index contributed by atoms with van der Waals surface area (Å²) in [6.07, 6.45) is 2.44. The molecular weight excluding hydrogens is 166 g/mol. The van der Waals surface area contributed by atoms with Crippen LogP contribution in [0.3, 0.4) is 0 Å². The van der Waals surface area contributed by atoms with Crippen LogP contribution in [-0.2, 0) is 4.79 Å². The van der Waals surface area contributed by atoms with Gasteiger partial charge in [-0.25, -0.2) is 9.97 Å². The summed E-state index contributed by atoms with van der Waals surface area (Å²) in [7, 11) is 0. The van der Waals surface area contributed by atoms with Crippen molar-refractivity contribution in [2.24, 2.45) is 5.73 Å². The molecule has 0 bridgehead atoms. The van der Waals surface area contributed by atoms with Crippen LogP contribution in [0.2, 0.25) is 5.15 Å². The van der Waals surface area contributed by atoms with Crippen LogP contribution in [0.4, 0.5) is 0 Å². The molecule has 11 heavy (non-hydrogen) atoms. The summed E-state index contributed by atoms with van der Waals surface area (Å²) < 4.78 is 0. The van der Waals surface area contributed by atoms with Crippen molar-refractivity contribution in [1.29, 1.82) is 0 Å². The smallest absolute Gasteiger partial charge is 0.227 e. The minimum Gasteiger partial charge on any atom is -0.369 e. The molecule has 1 aromatic rings. The van der Waals surface area contributed by atoms with Crippen molar-refractivity contribution in [3.8, 4) is 0 Å². The molecule has 1 rings (SSSR count). The van der Waals surface area contributed by atoms with Crippen molar-refractivity contribution in [1.82, 2.24) is 9.97 Å². The maximum atomic E-state index is 10.3. The van der Waals surface area contributed by atoms with Gasteiger partial charge in [0.15, 0.2) is 0 Å². The lowest BCUT2D eigenvalue weighted by molar-refractivity contribution is -0.114. The Kier molecular flexibility index (Phi) is 2.38. The maximum absolute atomic E-state index is 10.3. The van der Waals surface area contributed by atoms with Gasteiger partial charge in [0.1, 0.15) is 11.5 Å². The van der Waals surface area contributed by atoms with Gasteiger partial charge in [-0.2, -0.15) is 0 Å². The number of nitrogens with zero attached hydrogens (tertiary/aromatic N) is 2. The Balaban J connectivity index is 2.79. The summed E-state index contributed by atoms with van der Waals surface area (Å²) in [6, 6.07) is 1.45. The van der Waals surface area contributed by atoms with Gasteiger partial charge < -0.3 is 5.73 Å². The molecule has 2 N–H and O–H groups in total. The second-order valence-electron chi connectivity index (χ2n) is 1.81. The summed E-state index contributed by atoms with van der Waals surface area (Å²) in [5, 5.41) is 0.285. The summed E-state index contributed by atoms with van der Waals surface area (Å²) in [5.41, 5.74) is 5.29. The van der Waals surface area contributed by atoms with Crippen LogP contribution in [0.25, 0.3) is 0 Å². The molecule has 5 heteroatoms. The highest BCUT2D eigenvalue weighted by Gasteiger charge is 2.00. The molecule has 4 nitrogen and oxygen atoms in total. The lowest BCUT2D eigenvalue weighted by Crippen LogP contribution is -2.12.